The summed E-state index contributed by atoms with van der Waals surface area (Å²) in [5, 5.41) is 0. The van der Waals surface area contributed by atoms with E-state index in [2.05, 4.69) is 0 Å². The van der Waals surface area contributed by atoms with Gasteiger partial charge in [0, 0.05) is 31.7 Å². The molecule has 0 atom stereocenters. The van der Waals surface area contributed by atoms with Crippen LogP contribution in [0.2, 0.25) is 0 Å². The van der Waals surface area contributed by atoms with Gasteiger partial charge in [-0.15, -0.1) is 0 Å². The molecule has 0 radical (unpaired) electrons. The van der Waals surface area contributed by atoms with E-state index < -0.39 is 5.60 Å². The summed E-state index contributed by atoms with van der Waals surface area (Å²) in [4.78, 5) is 29.1. The molecule has 8 heteroatoms. The zero-order valence-electron chi connectivity index (χ0n) is 19.7. The summed E-state index contributed by atoms with van der Waals surface area (Å²) in [7, 11) is 0. The fraction of sp³-hybridized carbons (Fsp3) is 0.652. The molecule has 31 heavy (non-hydrogen) atoms. The fourth-order valence-corrected chi connectivity index (χ4v) is 3.32. The van der Waals surface area contributed by atoms with E-state index in [4.69, 9.17) is 18.9 Å². The highest BCUT2D eigenvalue weighted by Gasteiger charge is 2.27. The number of nitrogens with zero attached hydrogens (tertiary/aromatic N) is 2. The third-order valence-electron chi connectivity index (χ3n) is 4.59. The number of carbonyl (C=O) groups is 2. The Morgan fingerprint density at radius 3 is 1.87 bits per heavy atom. The average Bonchev–Trinajstić information content (AvgIpc) is 2.95. The van der Waals surface area contributed by atoms with Gasteiger partial charge in [-0.3, -0.25) is 4.79 Å². The Labute approximate surface area is 185 Å². The SMILES string of the molecule is CCOc1cc(C(=O)N2CCCN(C(=O)OC(C)(C)C)CC2)cc(OCC)c1OCC. The Morgan fingerprint density at radius 2 is 1.35 bits per heavy atom. The minimum Gasteiger partial charge on any atom is -0.490 e. The Balaban J connectivity index is 2.20. The van der Waals surface area contributed by atoms with Crippen molar-refractivity contribution < 1.29 is 28.5 Å². The summed E-state index contributed by atoms with van der Waals surface area (Å²) in [5.41, 5.74) is -0.0758. The molecular weight excluding hydrogens is 400 g/mol. The number of rotatable bonds is 7. The Morgan fingerprint density at radius 1 is 0.839 bits per heavy atom. The smallest absolute Gasteiger partial charge is 0.410 e. The van der Waals surface area contributed by atoms with Crippen LogP contribution < -0.4 is 14.2 Å². The molecule has 1 aliphatic rings. The van der Waals surface area contributed by atoms with Crippen LogP contribution in [0.25, 0.3) is 0 Å². The molecule has 0 aliphatic carbocycles. The molecule has 2 amide bonds. The van der Waals surface area contributed by atoms with Crippen LogP contribution in [0.4, 0.5) is 4.79 Å². The topological polar surface area (TPSA) is 77.5 Å². The van der Waals surface area contributed by atoms with Gasteiger partial charge in [-0.1, -0.05) is 0 Å². The van der Waals surface area contributed by atoms with E-state index in [0.717, 1.165) is 0 Å². The van der Waals surface area contributed by atoms with E-state index in [1.165, 1.54) is 0 Å². The van der Waals surface area contributed by atoms with Gasteiger partial charge in [0.05, 0.1) is 19.8 Å². The van der Waals surface area contributed by atoms with Crippen molar-refractivity contribution in [3.8, 4) is 17.2 Å². The lowest BCUT2D eigenvalue weighted by Gasteiger charge is -2.26. The first kappa shape index (κ1) is 24.6. The first-order valence-electron chi connectivity index (χ1n) is 11.0. The molecule has 8 nitrogen and oxygen atoms in total. The van der Waals surface area contributed by atoms with Crippen LogP contribution in [0.15, 0.2) is 12.1 Å². The molecular formula is C23H36N2O6. The van der Waals surface area contributed by atoms with Crippen molar-refractivity contribution in [2.75, 3.05) is 46.0 Å². The summed E-state index contributed by atoms with van der Waals surface area (Å²) in [5.74, 6) is 1.36. The lowest BCUT2D eigenvalue weighted by Crippen LogP contribution is -2.40. The predicted octanol–water partition coefficient (Wildman–Crippen LogP) is 3.97. The minimum absolute atomic E-state index is 0.129. The lowest BCUT2D eigenvalue weighted by molar-refractivity contribution is 0.0255. The molecule has 0 saturated carbocycles. The van der Waals surface area contributed by atoms with Crippen LogP contribution in [0.5, 0.6) is 17.2 Å². The van der Waals surface area contributed by atoms with Gasteiger partial charge in [0.15, 0.2) is 11.5 Å². The maximum absolute atomic E-state index is 13.3. The largest absolute Gasteiger partial charge is 0.490 e. The summed E-state index contributed by atoms with van der Waals surface area (Å²) in [6, 6.07) is 3.41. The fourth-order valence-electron chi connectivity index (χ4n) is 3.32. The van der Waals surface area contributed by atoms with Crippen LogP contribution in [0.3, 0.4) is 0 Å². The number of benzene rings is 1. The van der Waals surface area contributed by atoms with Crippen LogP contribution in [0.1, 0.15) is 58.3 Å². The average molecular weight is 437 g/mol. The van der Waals surface area contributed by atoms with Crippen LogP contribution in [-0.4, -0.2) is 73.4 Å². The van der Waals surface area contributed by atoms with E-state index in [1.54, 1.807) is 21.9 Å². The van der Waals surface area contributed by atoms with Crippen LogP contribution >= 0.6 is 0 Å². The van der Waals surface area contributed by atoms with E-state index in [-0.39, 0.29) is 12.0 Å². The monoisotopic (exact) mass is 436 g/mol. The lowest BCUT2D eigenvalue weighted by atomic mass is 10.1. The van der Waals surface area contributed by atoms with Crippen molar-refractivity contribution in [1.82, 2.24) is 9.80 Å². The molecule has 1 aromatic rings. The van der Waals surface area contributed by atoms with Crippen molar-refractivity contribution in [2.24, 2.45) is 0 Å². The van der Waals surface area contributed by atoms with Gasteiger partial charge in [0.2, 0.25) is 5.75 Å². The third kappa shape index (κ3) is 6.94. The van der Waals surface area contributed by atoms with Crippen molar-refractivity contribution in [3.63, 3.8) is 0 Å². The molecule has 1 aliphatic heterocycles. The second-order valence-electron chi connectivity index (χ2n) is 8.21. The summed E-state index contributed by atoms with van der Waals surface area (Å²) >= 11 is 0. The summed E-state index contributed by atoms with van der Waals surface area (Å²) in [6.07, 6.45) is 0.332. The second-order valence-corrected chi connectivity index (χ2v) is 8.21. The maximum Gasteiger partial charge on any atom is 0.410 e. The predicted molar refractivity (Wildman–Crippen MR) is 118 cm³/mol. The maximum atomic E-state index is 13.3. The van der Waals surface area contributed by atoms with Gasteiger partial charge < -0.3 is 28.7 Å². The normalized spacial score (nSPS) is 14.6. The van der Waals surface area contributed by atoms with Gasteiger partial charge in [0.1, 0.15) is 5.60 Å². The van der Waals surface area contributed by atoms with E-state index in [1.807, 2.05) is 41.5 Å². The van der Waals surface area contributed by atoms with Crippen molar-refractivity contribution in [3.05, 3.63) is 17.7 Å². The summed E-state index contributed by atoms with van der Waals surface area (Å²) < 4.78 is 22.7. The molecule has 0 aromatic heterocycles. The first-order chi connectivity index (χ1) is 14.7. The molecule has 1 heterocycles. The number of hydrogen-bond acceptors (Lipinski definition) is 6. The number of amides is 2. The minimum atomic E-state index is -0.549. The number of hydrogen-bond donors (Lipinski definition) is 0. The van der Waals surface area contributed by atoms with Crippen molar-refractivity contribution in [1.29, 1.82) is 0 Å². The molecule has 174 valence electrons. The molecule has 0 N–H and O–H groups in total. The molecule has 0 bridgehead atoms. The van der Waals surface area contributed by atoms with Gasteiger partial charge in [-0.2, -0.15) is 0 Å². The van der Waals surface area contributed by atoms with Gasteiger partial charge in [-0.25, -0.2) is 4.79 Å². The molecule has 2 rings (SSSR count). The zero-order valence-corrected chi connectivity index (χ0v) is 19.7. The summed E-state index contributed by atoms with van der Waals surface area (Å²) in [6.45, 7) is 14.5. The van der Waals surface area contributed by atoms with E-state index >= 15 is 0 Å². The molecule has 0 unspecified atom stereocenters. The molecule has 0 spiro atoms. The first-order valence-corrected chi connectivity index (χ1v) is 11.0. The third-order valence-corrected chi connectivity index (χ3v) is 4.59. The Kier molecular flexibility index (Phi) is 8.83. The van der Waals surface area contributed by atoms with Crippen LogP contribution in [-0.2, 0) is 4.74 Å². The van der Waals surface area contributed by atoms with Gasteiger partial charge in [-0.05, 0) is 60.1 Å². The van der Waals surface area contributed by atoms with Crippen molar-refractivity contribution in [2.45, 2.75) is 53.6 Å². The van der Waals surface area contributed by atoms with Crippen LogP contribution in [0, 0.1) is 0 Å². The van der Waals surface area contributed by atoms with Crippen molar-refractivity contribution >= 4 is 12.0 Å². The Bertz CT molecular complexity index is 732. The van der Waals surface area contributed by atoms with Gasteiger partial charge >= 0.3 is 6.09 Å². The Hall–Kier alpha value is -2.64. The highest BCUT2D eigenvalue weighted by atomic mass is 16.6. The second kappa shape index (κ2) is 11.1. The number of ether oxygens (including phenoxy) is 4. The highest BCUT2D eigenvalue weighted by molar-refractivity contribution is 5.95. The highest BCUT2D eigenvalue weighted by Crippen LogP contribution is 2.39. The molecule has 1 aromatic carbocycles. The van der Waals surface area contributed by atoms with Gasteiger partial charge in [0.25, 0.3) is 5.91 Å². The quantitative estimate of drug-likeness (QED) is 0.644. The van der Waals surface area contributed by atoms with E-state index in [0.29, 0.717) is 75.2 Å². The number of carbonyl (C=O) groups excluding carboxylic acids is 2. The molecule has 1 saturated heterocycles. The molecule has 1 fully saturated rings. The zero-order chi connectivity index (χ0) is 23.0. The van der Waals surface area contributed by atoms with E-state index in [9.17, 15) is 9.59 Å². The standard InChI is InChI=1S/C23H36N2O6/c1-7-28-18-15-17(16-19(29-8-2)20(18)30-9-3)21(26)24-11-10-12-25(14-13-24)22(27)31-23(4,5)6/h15-16H,7-14H2,1-6H3.